The molecule has 8 heteroatoms. The molecular weight excluding hydrogens is 406 g/mol. The molecule has 162 valence electrons. The summed E-state index contributed by atoms with van der Waals surface area (Å²) in [7, 11) is 1.33. The Hall–Kier alpha value is -2.64. The van der Waals surface area contributed by atoms with Gasteiger partial charge in [-0.05, 0) is 68.1 Å². The van der Waals surface area contributed by atoms with Gasteiger partial charge in [-0.2, -0.15) is 0 Å². The summed E-state index contributed by atoms with van der Waals surface area (Å²) < 4.78 is 6.31. The van der Waals surface area contributed by atoms with Crippen LogP contribution in [0.25, 0.3) is 0 Å². The Bertz CT molecular complexity index is 952. The van der Waals surface area contributed by atoms with Gasteiger partial charge < -0.3 is 19.9 Å². The van der Waals surface area contributed by atoms with Crippen molar-refractivity contribution in [3.63, 3.8) is 0 Å². The van der Waals surface area contributed by atoms with Crippen molar-refractivity contribution in [1.29, 1.82) is 0 Å². The molecule has 30 heavy (non-hydrogen) atoms. The molecule has 0 spiro atoms. The maximum Gasteiger partial charge on any atom is 0.309 e. The third-order valence-corrected chi connectivity index (χ3v) is 5.22. The number of hydrogen-bond acceptors (Lipinski definition) is 5. The van der Waals surface area contributed by atoms with Crippen LogP contribution in [0.5, 0.6) is 0 Å². The minimum atomic E-state index is -0.446. The largest absolute Gasteiger partial charge is 0.469 e. The molecule has 1 amide bonds. The highest BCUT2D eigenvalue weighted by atomic mass is 35.5. The fourth-order valence-electron chi connectivity index (χ4n) is 3.63. The summed E-state index contributed by atoms with van der Waals surface area (Å²) in [6.07, 6.45) is 4.05. The van der Waals surface area contributed by atoms with Crippen LogP contribution in [0.15, 0.2) is 41.3 Å². The number of hydrogen-bond donors (Lipinski definition) is 2. The van der Waals surface area contributed by atoms with E-state index in [4.69, 9.17) is 0 Å². The number of esters is 1. The molecule has 0 saturated carbocycles. The van der Waals surface area contributed by atoms with Crippen LogP contribution in [0.4, 0.5) is 5.69 Å². The van der Waals surface area contributed by atoms with Gasteiger partial charge in [0, 0.05) is 18.4 Å². The van der Waals surface area contributed by atoms with Gasteiger partial charge in [-0.15, -0.1) is 12.4 Å². The topological polar surface area (TPSA) is 89.4 Å². The van der Waals surface area contributed by atoms with E-state index in [-0.39, 0.29) is 35.9 Å². The number of rotatable bonds is 6. The minimum Gasteiger partial charge on any atom is -0.469 e. The Balaban J connectivity index is 0.00000320. The molecule has 2 aromatic rings. The minimum absolute atomic E-state index is 0. The zero-order chi connectivity index (χ0) is 20.8. The average molecular weight is 434 g/mol. The fourth-order valence-corrected chi connectivity index (χ4v) is 3.63. The zero-order valence-electron chi connectivity index (χ0n) is 17.3. The van der Waals surface area contributed by atoms with E-state index in [1.165, 1.54) is 7.11 Å². The molecule has 1 unspecified atom stereocenters. The van der Waals surface area contributed by atoms with Crippen LogP contribution in [0.3, 0.4) is 0 Å². The highest BCUT2D eigenvalue weighted by Crippen LogP contribution is 2.15. The van der Waals surface area contributed by atoms with Gasteiger partial charge in [0.25, 0.3) is 11.5 Å². The smallest absolute Gasteiger partial charge is 0.309 e. The van der Waals surface area contributed by atoms with E-state index in [0.717, 1.165) is 31.5 Å². The van der Waals surface area contributed by atoms with Crippen LogP contribution in [-0.4, -0.2) is 36.6 Å². The number of ether oxygens (including phenoxy) is 1. The van der Waals surface area contributed by atoms with E-state index in [1.807, 2.05) is 0 Å². The van der Waals surface area contributed by atoms with Crippen molar-refractivity contribution in [1.82, 2.24) is 9.88 Å². The Morgan fingerprint density at radius 2 is 2.10 bits per heavy atom. The second-order valence-electron chi connectivity index (χ2n) is 7.45. The number of halogens is 1. The molecule has 0 bridgehead atoms. The lowest BCUT2D eigenvalue weighted by Gasteiger charge is -2.23. The Labute approximate surface area is 182 Å². The summed E-state index contributed by atoms with van der Waals surface area (Å²) in [6.45, 7) is 4.26. The number of anilines is 1. The van der Waals surface area contributed by atoms with Crippen molar-refractivity contribution < 1.29 is 14.3 Å². The summed E-state index contributed by atoms with van der Waals surface area (Å²) in [4.78, 5) is 37.3. The normalized spacial score (nSPS) is 15.7. The van der Waals surface area contributed by atoms with Crippen LogP contribution >= 0.6 is 12.4 Å². The number of nitrogens with one attached hydrogen (secondary N) is 2. The summed E-state index contributed by atoms with van der Waals surface area (Å²) in [5.74, 6) is -0.415. The first-order chi connectivity index (χ1) is 14.0. The highest BCUT2D eigenvalue weighted by Gasteiger charge is 2.19. The van der Waals surface area contributed by atoms with Crippen molar-refractivity contribution in [2.45, 2.75) is 32.7 Å². The van der Waals surface area contributed by atoms with Crippen molar-refractivity contribution in [2.24, 2.45) is 5.92 Å². The molecule has 0 radical (unpaired) electrons. The average Bonchev–Trinajstić information content (AvgIpc) is 2.71. The maximum absolute atomic E-state index is 13.0. The number of nitrogens with zero attached hydrogens (tertiary/aromatic N) is 1. The standard InChI is InChI=1S/C22H27N3O4.ClH/c1-15-8-10-25(14-17-6-4-9-23-13-17)22(28)20(15)21(27)24-18-7-3-5-16(11-18)12-19(26)29-2;/h3,5,7-8,10-11,17,23H,4,6,9,12-14H2,1-2H3,(H,24,27);1H. The molecule has 1 aromatic carbocycles. The number of piperidine rings is 1. The van der Waals surface area contributed by atoms with Crippen LogP contribution in [-0.2, 0) is 22.5 Å². The summed E-state index contributed by atoms with van der Waals surface area (Å²) in [5.41, 5.74) is 1.76. The molecule has 1 saturated heterocycles. The first-order valence-corrected chi connectivity index (χ1v) is 9.86. The lowest BCUT2D eigenvalue weighted by Crippen LogP contribution is -2.36. The van der Waals surface area contributed by atoms with Crippen molar-refractivity contribution in [3.8, 4) is 0 Å². The van der Waals surface area contributed by atoms with Gasteiger partial charge in [-0.1, -0.05) is 12.1 Å². The number of carbonyl (C=O) groups is 2. The van der Waals surface area contributed by atoms with E-state index in [2.05, 4.69) is 15.4 Å². The first-order valence-electron chi connectivity index (χ1n) is 9.86. The maximum atomic E-state index is 13.0. The molecule has 7 nitrogen and oxygen atoms in total. The summed E-state index contributed by atoms with van der Waals surface area (Å²) in [5, 5.41) is 6.14. The zero-order valence-corrected chi connectivity index (χ0v) is 18.1. The SMILES string of the molecule is COC(=O)Cc1cccc(NC(=O)c2c(C)ccn(CC3CCCNC3)c2=O)c1.Cl. The fraction of sp³-hybridized carbons (Fsp3) is 0.409. The molecule has 1 fully saturated rings. The third kappa shape index (κ3) is 5.93. The number of carbonyl (C=O) groups excluding carboxylic acids is 2. The molecule has 2 heterocycles. The lowest BCUT2D eigenvalue weighted by atomic mass is 9.99. The molecule has 1 aliphatic heterocycles. The van der Waals surface area contributed by atoms with Gasteiger partial charge in [0.1, 0.15) is 5.56 Å². The molecule has 2 N–H and O–H groups in total. The van der Waals surface area contributed by atoms with Gasteiger partial charge in [-0.25, -0.2) is 0 Å². The number of aryl methyl sites for hydroxylation is 1. The van der Waals surface area contributed by atoms with Gasteiger partial charge in [-0.3, -0.25) is 14.4 Å². The number of benzene rings is 1. The molecule has 1 aliphatic rings. The molecule has 1 aromatic heterocycles. The van der Waals surface area contributed by atoms with E-state index in [9.17, 15) is 14.4 Å². The van der Waals surface area contributed by atoms with Crippen LogP contribution in [0, 0.1) is 12.8 Å². The van der Waals surface area contributed by atoms with E-state index in [1.54, 1.807) is 48.0 Å². The van der Waals surface area contributed by atoms with Crippen LogP contribution in [0.1, 0.15) is 34.3 Å². The molecular formula is C22H28ClN3O4. The Kier molecular flexibility index (Phi) is 8.62. The number of methoxy groups -OCH3 is 1. The monoisotopic (exact) mass is 433 g/mol. The Morgan fingerprint density at radius 1 is 1.30 bits per heavy atom. The molecule has 1 atom stereocenters. The van der Waals surface area contributed by atoms with E-state index in [0.29, 0.717) is 23.7 Å². The summed E-state index contributed by atoms with van der Waals surface area (Å²) in [6, 6.07) is 8.77. The molecule has 0 aliphatic carbocycles. The van der Waals surface area contributed by atoms with Crippen LogP contribution < -0.4 is 16.2 Å². The summed E-state index contributed by atoms with van der Waals surface area (Å²) >= 11 is 0. The van der Waals surface area contributed by atoms with Crippen molar-refractivity contribution in [3.05, 3.63) is 63.6 Å². The second-order valence-corrected chi connectivity index (χ2v) is 7.45. The predicted octanol–water partition coefficient (Wildman–Crippen LogP) is 2.55. The predicted molar refractivity (Wildman–Crippen MR) is 118 cm³/mol. The van der Waals surface area contributed by atoms with Crippen molar-refractivity contribution >= 4 is 30.0 Å². The number of pyridine rings is 1. The first kappa shape index (κ1) is 23.6. The van der Waals surface area contributed by atoms with Crippen molar-refractivity contribution in [2.75, 3.05) is 25.5 Å². The Morgan fingerprint density at radius 3 is 2.80 bits per heavy atom. The van der Waals surface area contributed by atoms with Gasteiger partial charge in [0.15, 0.2) is 0 Å². The highest BCUT2D eigenvalue weighted by molar-refractivity contribution is 6.05. The van der Waals surface area contributed by atoms with E-state index >= 15 is 0 Å². The number of aromatic nitrogens is 1. The van der Waals surface area contributed by atoms with Crippen LogP contribution in [0.2, 0.25) is 0 Å². The van der Waals surface area contributed by atoms with Gasteiger partial charge in [0.2, 0.25) is 0 Å². The quantitative estimate of drug-likeness (QED) is 0.683. The van der Waals surface area contributed by atoms with E-state index < -0.39 is 5.91 Å². The number of amides is 1. The van der Waals surface area contributed by atoms with Gasteiger partial charge in [0.05, 0.1) is 13.5 Å². The lowest BCUT2D eigenvalue weighted by molar-refractivity contribution is -0.139. The second kappa shape index (κ2) is 10.9. The third-order valence-electron chi connectivity index (χ3n) is 5.22. The van der Waals surface area contributed by atoms with Gasteiger partial charge >= 0.3 is 5.97 Å². The molecule has 3 rings (SSSR count).